The molecule has 148 valence electrons. The van der Waals surface area contributed by atoms with Crippen LogP contribution in [-0.4, -0.2) is 11.4 Å². The Hall–Kier alpha value is -0.720. The van der Waals surface area contributed by atoms with Crippen molar-refractivity contribution in [1.29, 1.82) is 0 Å². The molecule has 0 amide bonds. The first kappa shape index (κ1) is 24.3. The van der Waals surface area contributed by atoms with Gasteiger partial charge in [-0.15, -0.1) is 0 Å². The third-order valence-electron chi connectivity index (χ3n) is 4.81. The summed E-state index contributed by atoms with van der Waals surface area (Å²) < 4.78 is 0. The van der Waals surface area contributed by atoms with E-state index in [4.69, 9.17) is 0 Å². The fourth-order valence-electron chi connectivity index (χ4n) is 3.04. The predicted octanol–water partition coefficient (Wildman–Crippen LogP) is 8.62. The highest BCUT2D eigenvalue weighted by Crippen LogP contribution is 2.10. The molecule has 0 aliphatic rings. The van der Waals surface area contributed by atoms with E-state index < -0.39 is 0 Å². The van der Waals surface area contributed by atoms with E-state index in [1.165, 1.54) is 103 Å². The van der Waals surface area contributed by atoms with Gasteiger partial charge in [0, 0.05) is 6.54 Å². The Morgan fingerprint density at radius 3 is 1.36 bits per heavy atom. The van der Waals surface area contributed by atoms with Crippen molar-refractivity contribution in [3.05, 3.63) is 24.6 Å². The van der Waals surface area contributed by atoms with Crippen LogP contribution in [-0.2, 0) is 0 Å². The number of unbranched alkanes of at least 4 members (excludes halogenated alkanes) is 13. The zero-order chi connectivity index (χ0) is 18.4. The van der Waals surface area contributed by atoms with Crippen LogP contribution in [0.4, 0.5) is 0 Å². The Balaban J connectivity index is 3.77. The standard InChI is InChI=1S/C24H47N/c1-4-7-10-12-14-15-16-17-19-21-24-25(22-9-6-3)23-20-18-13-11-8-5-2/h20-21,23-24H,4-19,22H2,1-3H3. The van der Waals surface area contributed by atoms with Crippen molar-refractivity contribution >= 4 is 0 Å². The summed E-state index contributed by atoms with van der Waals surface area (Å²) in [5, 5.41) is 0. The van der Waals surface area contributed by atoms with Gasteiger partial charge in [0.05, 0.1) is 0 Å². The lowest BCUT2D eigenvalue weighted by Gasteiger charge is -2.15. The maximum Gasteiger partial charge on any atom is 0.0219 e. The number of hydrogen-bond donors (Lipinski definition) is 0. The van der Waals surface area contributed by atoms with E-state index in [-0.39, 0.29) is 0 Å². The van der Waals surface area contributed by atoms with Gasteiger partial charge in [0.1, 0.15) is 0 Å². The second-order valence-electron chi connectivity index (χ2n) is 7.47. The minimum Gasteiger partial charge on any atom is -0.355 e. The smallest absolute Gasteiger partial charge is 0.0219 e. The first-order valence-electron chi connectivity index (χ1n) is 11.4. The number of hydrogen-bond acceptors (Lipinski definition) is 1. The van der Waals surface area contributed by atoms with Crippen molar-refractivity contribution in [2.24, 2.45) is 0 Å². The van der Waals surface area contributed by atoms with Crippen molar-refractivity contribution in [3.8, 4) is 0 Å². The second kappa shape index (κ2) is 21.3. The van der Waals surface area contributed by atoms with E-state index >= 15 is 0 Å². The molecule has 0 rings (SSSR count). The summed E-state index contributed by atoms with van der Waals surface area (Å²) in [5.74, 6) is 0. The highest BCUT2D eigenvalue weighted by Gasteiger charge is 1.94. The molecular formula is C24H47N. The summed E-state index contributed by atoms with van der Waals surface area (Å²) in [4.78, 5) is 2.40. The Morgan fingerprint density at radius 2 is 0.880 bits per heavy atom. The average Bonchev–Trinajstić information content (AvgIpc) is 2.63. The Morgan fingerprint density at radius 1 is 0.480 bits per heavy atom. The van der Waals surface area contributed by atoms with Gasteiger partial charge in [0.15, 0.2) is 0 Å². The quantitative estimate of drug-likeness (QED) is 0.211. The van der Waals surface area contributed by atoms with Crippen LogP contribution in [0.1, 0.15) is 124 Å². The summed E-state index contributed by atoms with van der Waals surface area (Å²) >= 11 is 0. The molecule has 0 bridgehead atoms. The minimum atomic E-state index is 1.16. The van der Waals surface area contributed by atoms with Crippen LogP contribution in [0.5, 0.6) is 0 Å². The molecule has 0 spiro atoms. The zero-order valence-electron chi connectivity index (χ0n) is 17.8. The molecule has 0 aromatic rings. The molecular weight excluding hydrogens is 302 g/mol. The van der Waals surface area contributed by atoms with Crippen molar-refractivity contribution in [1.82, 2.24) is 4.90 Å². The van der Waals surface area contributed by atoms with Crippen LogP contribution in [0.25, 0.3) is 0 Å². The average molecular weight is 350 g/mol. The minimum absolute atomic E-state index is 1.16. The number of allylic oxidation sites excluding steroid dienone is 2. The summed E-state index contributed by atoms with van der Waals surface area (Å²) in [5.41, 5.74) is 0. The second-order valence-corrected chi connectivity index (χ2v) is 7.47. The van der Waals surface area contributed by atoms with Crippen molar-refractivity contribution in [2.45, 2.75) is 124 Å². The van der Waals surface area contributed by atoms with Gasteiger partial charge in [-0.25, -0.2) is 0 Å². The van der Waals surface area contributed by atoms with Crippen LogP contribution in [0.2, 0.25) is 0 Å². The van der Waals surface area contributed by atoms with Crippen LogP contribution in [0.15, 0.2) is 24.6 Å². The molecule has 0 saturated carbocycles. The summed E-state index contributed by atoms with van der Waals surface area (Å²) in [7, 11) is 0. The lowest BCUT2D eigenvalue weighted by atomic mass is 10.1. The maximum absolute atomic E-state index is 2.40. The highest BCUT2D eigenvalue weighted by atomic mass is 15.1. The monoisotopic (exact) mass is 349 g/mol. The van der Waals surface area contributed by atoms with Gasteiger partial charge in [-0.3, -0.25) is 0 Å². The Labute approximate surface area is 160 Å². The van der Waals surface area contributed by atoms with Crippen molar-refractivity contribution in [3.63, 3.8) is 0 Å². The highest BCUT2D eigenvalue weighted by molar-refractivity contribution is 4.92. The van der Waals surface area contributed by atoms with Gasteiger partial charge in [0.2, 0.25) is 0 Å². The molecule has 1 nitrogen and oxygen atoms in total. The molecule has 0 fully saturated rings. The molecule has 0 aliphatic carbocycles. The molecule has 0 aromatic heterocycles. The van der Waals surface area contributed by atoms with E-state index in [1.807, 2.05) is 0 Å². The summed E-state index contributed by atoms with van der Waals surface area (Å²) in [6, 6.07) is 0. The Kier molecular flexibility index (Phi) is 20.7. The first-order chi connectivity index (χ1) is 12.3. The molecule has 0 atom stereocenters. The van der Waals surface area contributed by atoms with E-state index in [1.54, 1.807) is 0 Å². The molecule has 25 heavy (non-hydrogen) atoms. The van der Waals surface area contributed by atoms with E-state index in [9.17, 15) is 0 Å². The molecule has 1 heteroatoms. The predicted molar refractivity (Wildman–Crippen MR) is 116 cm³/mol. The van der Waals surface area contributed by atoms with Gasteiger partial charge in [-0.05, 0) is 44.5 Å². The van der Waals surface area contributed by atoms with E-state index in [2.05, 4.69) is 50.2 Å². The Bertz CT molecular complexity index is 292. The summed E-state index contributed by atoms with van der Waals surface area (Å²) in [6.45, 7) is 8.00. The normalized spacial score (nSPS) is 11.8. The topological polar surface area (TPSA) is 3.24 Å². The van der Waals surface area contributed by atoms with Gasteiger partial charge < -0.3 is 4.90 Å². The fraction of sp³-hybridized carbons (Fsp3) is 0.833. The van der Waals surface area contributed by atoms with Gasteiger partial charge in [-0.1, -0.05) is 104 Å². The van der Waals surface area contributed by atoms with Crippen LogP contribution in [0, 0.1) is 0 Å². The largest absolute Gasteiger partial charge is 0.355 e. The van der Waals surface area contributed by atoms with Gasteiger partial charge >= 0.3 is 0 Å². The van der Waals surface area contributed by atoms with Gasteiger partial charge in [0.25, 0.3) is 0 Å². The van der Waals surface area contributed by atoms with E-state index in [0.717, 1.165) is 6.54 Å². The number of rotatable bonds is 19. The molecule has 0 N–H and O–H groups in total. The maximum atomic E-state index is 2.40. The molecule has 0 aromatic carbocycles. The molecule has 0 heterocycles. The molecule has 0 radical (unpaired) electrons. The van der Waals surface area contributed by atoms with Crippen LogP contribution in [0.3, 0.4) is 0 Å². The molecule has 0 unspecified atom stereocenters. The third kappa shape index (κ3) is 19.5. The fourth-order valence-corrected chi connectivity index (χ4v) is 3.04. The van der Waals surface area contributed by atoms with E-state index in [0.29, 0.717) is 0 Å². The summed E-state index contributed by atoms with van der Waals surface area (Å²) in [6.07, 6.45) is 31.1. The lowest BCUT2D eigenvalue weighted by Crippen LogP contribution is -2.10. The first-order valence-corrected chi connectivity index (χ1v) is 11.4. The van der Waals surface area contributed by atoms with Crippen molar-refractivity contribution < 1.29 is 0 Å². The van der Waals surface area contributed by atoms with Gasteiger partial charge in [-0.2, -0.15) is 0 Å². The SMILES string of the molecule is CCCCCCC=CN(C=CCCCCCCCCCC)CCCC. The lowest BCUT2D eigenvalue weighted by molar-refractivity contribution is 0.480. The van der Waals surface area contributed by atoms with Crippen molar-refractivity contribution in [2.75, 3.05) is 6.54 Å². The zero-order valence-corrected chi connectivity index (χ0v) is 17.8. The molecule has 0 saturated heterocycles. The van der Waals surface area contributed by atoms with Crippen LogP contribution < -0.4 is 0 Å². The third-order valence-corrected chi connectivity index (χ3v) is 4.81. The number of nitrogens with zero attached hydrogens (tertiary/aromatic N) is 1. The van der Waals surface area contributed by atoms with Crippen LogP contribution >= 0.6 is 0 Å². The molecule has 0 aliphatic heterocycles.